The van der Waals surface area contributed by atoms with Crippen LogP contribution in [0.5, 0.6) is 0 Å². The second kappa shape index (κ2) is 5.74. The van der Waals surface area contributed by atoms with E-state index in [-0.39, 0.29) is 17.3 Å². The number of allylic oxidation sites excluding steroid dienone is 2. The average molecular weight is 385 g/mol. The summed E-state index contributed by atoms with van der Waals surface area (Å²) in [5.41, 5.74) is 2.79. The lowest BCUT2D eigenvalue weighted by Gasteiger charge is -2.55. The molecule has 28 heavy (non-hydrogen) atoms. The van der Waals surface area contributed by atoms with Gasteiger partial charge in [-0.1, -0.05) is 39.0 Å². The summed E-state index contributed by atoms with van der Waals surface area (Å²) in [4.78, 5) is 12.6. The Bertz CT molecular complexity index is 768. The van der Waals surface area contributed by atoms with Gasteiger partial charge >= 0.3 is 5.97 Å². The molecule has 5 aliphatic rings. The summed E-state index contributed by atoms with van der Waals surface area (Å²) >= 11 is 0. The fraction of sp³-hybridized carbons (Fsp3) is 0.800. The predicted molar refractivity (Wildman–Crippen MR) is 109 cm³/mol. The molecule has 0 aromatic rings. The highest BCUT2D eigenvalue weighted by molar-refractivity contribution is 5.92. The molecule has 1 N–H and O–H groups in total. The van der Waals surface area contributed by atoms with E-state index in [1.54, 1.807) is 0 Å². The molecule has 3 saturated carbocycles. The maximum atomic E-state index is 12.6. The minimum absolute atomic E-state index is 0.124. The van der Waals surface area contributed by atoms with Gasteiger partial charge in [0, 0.05) is 12.0 Å². The summed E-state index contributed by atoms with van der Waals surface area (Å²) < 4.78 is 5.55. The Kier molecular flexibility index (Phi) is 3.88. The third-order valence-corrected chi connectivity index (χ3v) is 9.89. The first-order chi connectivity index (χ1) is 13.1. The van der Waals surface area contributed by atoms with Gasteiger partial charge in [0.2, 0.25) is 5.79 Å². The maximum Gasteiger partial charge on any atom is 0.336 e. The predicted octanol–water partition coefficient (Wildman–Crippen LogP) is 5.25. The largest absolute Gasteiger partial charge is 0.429 e. The van der Waals surface area contributed by atoms with Crippen LogP contribution in [0.4, 0.5) is 0 Å². The fourth-order valence-electron chi connectivity index (χ4n) is 8.45. The molecule has 1 heterocycles. The van der Waals surface area contributed by atoms with Crippen LogP contribution in [-0.4, -0.2) is 16.9 Å². The number of carbonyl (C=O) groups is 1. The summed E-state index contributed by atoms with van der Waals surface area (Å²) in [6.45, 7) is 13.8. The Labute approximate surface area is 169 Å². The molecule has 0 spiro atoms. The van der Waals surface area contributed by atoms with Crippen molar-refractivity contribution in [1.29, 1.82) is 0 Å². The Morgan fingerprint density at radius 1 is 1.21 bits per heavy atom. The van der Waals surface area contributed by atoms with Crippen LogP contribution in [0.15, 0.2) is 23.8 Å². The van der Waals surface area contributed by atoms with E-state index in [2.05, 4.69) is 40.3 Å². The van der Waals surface area contributed by atoms with E-state index < -0.39 is 5.79 Å². The zero-order chi connectivity index (χ0) is 20.1. The first kappa shape index (κ1) is 18.9. The van der Waals surface area contributed by atoms with Gasteiger partial charge in [-0.2, -0.15) is 0 Å². The van der Waals surface area contributed by atoms with Gasteiger partial charge in [-0.15, -0.1) is 0 Å². The zero-order valence-corrected chi connectivity index (χ0v) is 18.0. The standard InChI is InChI=1S/C25H36O3/c1-14(2)16-8-9-23(4)10-11-24(5)13-18-15(3)12-25(27)20(18)17(22(26)28-25)6-7-19(24)21(16)23/h6,15-16,18-21,27H,1,7-13H2,2-5H3/t15-,16+,18-,19-,20-,21+,23-,24+,25+/m0/s1. The Morgan fingerprint density at radius 3 is 2.64 bits per heavy atom. The lowest BCUT2D eigenvalue weighted by atomic mass is 9.49. The van der Waals surface area contributed by atoms with E-state index in [1.807, 2.05) is 0 Å². The first-order valence-corrected chi connectivity index (χ1v) is 11.4. The molecule has 3 heteroatoms. The second-order valence-corrected chi connectivity index (χ2v) is 11.6. The minimum Gasteiger partial charge on any atom is -0.429 e. The number of carbonyl (C=O) groups excluding carboxylic acids is 1. The molecule has 0 bridgehead atoms. The van der Waals surface area contributed by atoms with E-state index in [1.165, 1.54) is 31.3 Å². The third-order valence-electron chi connectivity index (χ3n) is 9.89. The van der Waals surface area contributed by atoms with Crippen molar-refractivity contribution in [3.05, 3.63) is 23.8 Å². The highest BCUT2D eigenvalue weighted by Crippen LogP contribution is 2.67. The van der Waals surface area contributed by atoms with Crippen molar-refractivity contribution < 1.29 is 14.6 Å². The lowest BCUT2D eigenvalue weighted by Crippen LogP contribution is -2.48. The number of fused-ring (bicyclic) bond motifs is 3. The van der Waals surface area contributed by atoms with Crippen molar-refractivity contribution >= 4 is 5.97 Å². The van der Waals surface area contributed by atoms with Crippen molar-refractivity contribution in [2.24, 2.45) is 46.3 Å². The third kappa shape index (κ3) is 2.35. The highest BCUT2D eigenvalue weighted by atomic mass is 16.7. The van der Waals surface area contributed by atoms with Crippen LogP contribution in [0.3, 0.4) is 0 Å². The molecule has 0 aromatic carbocycles. The van der Waals surface area contributed by atoms with Gasteiger partial charge in [-0.3, -0.25) is 0 Å². The Morgan fingerprint density at radius 2 is 1.93 bits per heavy atom. The second-order valence-electron chi connectivity index (χ2n) is 11.6. The highest BCUT2D eigenvalue weighted by Gasteiger charge is 2.65. The van der Waals surface area contributed by atoms with Gasteiger partial charge in [-0.05, 0) is 85.9 Å². The molecule has 3 nitrogen and oxygen atoms in total. The van der Waals surface area contributed by atoms with Crippen molar-refractivity contribution in [3.8, 4) is 0 Å². The fourth-order valence-corrected chi connectivity index (χ4v) is 8.45. The summed E-state index contributed by atoms with van der Waals surface area (Å²) in [7, 11) is 0. The molecular formula is C25H36O3. The van der Waals surface area contributed by atoms with Gasteiger partial charge in [0.15, 0.2) is 0 Å². The maximum absolute atomic E-state index is 12.6. The van der Waals surface area contributed by atoms with Gasteiger partial charge < -0.3 is 9.84 Å². The van der Waals surface area contributed by atoms with E-state index in [0.29, 0.717) is 41.4 Å². The molecule has 9 atom stereocenters. The molecule has 0 amide bonds. The molecular weight excluding hydrogens is 348 g/mol. The number of aliphatic hydroxyl groups is 1. The van der Waals surface area contributed by atoms with Crippen LogP contribution in [-0.2, 0) is 9.53 Å². The average Bonchev–Trinajstić information content (AvgIpc) is 3.13. The van der Waals surface area contributed by atoms with E-state index in [9.17, 15) is 9.90 Å². The van der Waals surface area contributed by atoms with Crippen molar-refractivity contribution in [2.75, 3.05) is 0 Å². The normalized spacial score (nSPS) is 54.8. The Balaban J connectivity index is 1.60. The first-order valence-electron chi connectivity index (χ1n) is 11.4. The van der Waals surface area contributed by atoms with Crippen LogP contribution in [0, 0.1) is 46.3 Å². The van der Waals surface area contributed by atoms with Crippen LogP contribution in [0.1, 0.15) is 72.6 Å². The number of esters is 1. The van der Waals surface area contributed by atoms with E-state index in [0.717, 1.165) is 18.4 Å². The van der Waals surface area contributed by atoms with Gasteiger partial charge in [0.1, 0.15) is 0 Å². The van der Waals surface area contributed by atoms with Crippen molar-refractivity contribution in [3.63, 3.8) is 0 Å². The van der Waals surface area contributed by atoms with Gasteiger partial charge in [0.05, 0.1) is 5.92 Å². The smallest absolute Gasteiger partial charge is 0.336 e. The molecule has 0 unspecified atom stereocenters. The van der Waals surface area contributed by atoms with Crippen LogP contribution >= 0.6 is 0 Å². The van der Waals surface area contributed by atoms with Crippen molar-refractivity contribution in [2.45, 2.75) is 78.4 Å². The van der Waals surface area contributed by atoms with Gasteiger partial charge in [0.25, 0.3) is 0 Å². The summed E-state index contributed by atoms with van der Waals surface area (Å²) in [6, 6.07) is 0. The SMILES string of the molecule is C=C(C)[C@H]1CC[C@@]2(C)CC[C@]3(C)C[C@H]4[C@@H](C)C[C@@]5(O)OC(=O)C(=CC[C@H]3[C@@H]12)[C@@H]45. The molecule has 154 valence electrons. The monoisotopic (exact) mass is 384 g/mol. The Hall–Kier alpha value is -1.09. The molecule has 4 fully saturated rings. The zero-order valence-electron chi connectivity index (χ0n) is 18.0. The number of hydrogen-bond acceptors (Lipinski definition) is 3. The number of ether oxygens (including phenoxy) is 1. The van der Waals surface area contributed by atoms with Crippen LogP contribution < -0.4 is 0 Å². The van der Waals surface area contributed by atoms with Crippen molar-refractivity contribution in [1.82, 2.24) is 0 Å². The quantitative estimate of drug-likeness (QED) is 0.496. The minimum atomic E-state index is -1.26. The molecule has 1 saturated heterocycles. The number of rotatable bonds is 1. The summed E-state index contributed by atoms with van der Waals surface area (Å²) in [5.74, 6) is 0.920. The van der Waals surface area contributed by atoms with Gasteiger partial charge in [-0.25, -0.2) is 4.79 Å². The lowest BCUT2D eigenvalue weighted by molar-refractivity contribution is -0.197. The number of hydrogen-bond donors (Lipinski definition) is 1. The molecule has 4 aliphatic carbocycles. The van der Waals surface area contributed by atoms with E-state index >= 15 is 0 Å². The van der Waals surface area contributed by atoms with Crippen LogP contribution in [0.2, 0.25) is 0 Å². The summed E-state index contributed by atoms with van der Waals surface area (Å²) in [6.07, 6.45) is 9.95. The molecule has 1 aliphatic heterocycles. The molecule has 5 rings (SSSR count). The molecule has 0 radical (unpaired) electrons. The van der Waals surface area contributed by atoms with E-state index in [4.69, 9.17) is 4.74 Å². The molecule has 0 aromatic heterocycles. The topological polar surface area (TPSA) is 46.5 Å². The summed E-state index contributed by atoms with van der Waals surface area (Å²) in [5, 5.41) is 11.1. The van der Waals surface area contributed by atoms with Crippen LogP contribution in [0.25, 0.3) is 0 Å².